The number of hydrogen-bond donors (Lipinski definition) is 1. The van der Waals surface area contributed by atoms with Crippen molar-refractivity contribution < 1.29 is 9.53 Å². The van der Waals surface area contributed by atoms with Crippen LogP contribution in [0.15, 0.2) is 18.2 Å². The monoisotopic (exact) mass is 251 g/mol. The van der Waals surface area contributed by atoms with Crippen molar-refractivity contribution in [2.24, 2.45) is 0 Å². The van der Waals surface area contributed by atoms with Crippen LogP contribution < -0.4 is 5.32 Å². The average molecular weight is 251 g/mol. The maximum atomic E-state index is 11.7. The van der Waals surface area contributed by atoms with Gasteiger partial charge in [-0.2, -0.15) is 11.8 Å². The van der Waals surface area contributed by atoms with E-state index in [1.807, 2.05) is 36.9 Å². The van der Waals surface area contributed by atoms with Gasteiger partial charge in [-0.1, -0.05) is 11.6 Å². The lowest BCUT2D eigenvalue weighted by Gasteiger charge is -2.16. The van der Waals surface area contributed by atoms with Crippen molar-refractivity contribution in [1.29, 1.82) is 0 Å². The van der Waals surface area contributed by atoms with Crippen LogP contribution >= 0.6 is 11.8 Å². The van der Waals surface area contributed by atoms with Crippen LogP contribution in [0, 0.1) is 6.92 Å². The van der Waals surface area contributed by atoms with E-state index in [0.717, 1.165) is 23.4 Å². The maximum absolute atomic E-state index is 11.7. The first-order valence-electron chi connectivity index (χ1n) is 5.74. The second-order valence-electron chi connectivity index (χ2n) is 4.25. The summed E-state index contributed by atoms with van der Waals surface area (Å²) in [5, 5.41) is 3.43. The minimum absolute atomic E-state index is 0.276. The van der Waals surface area contributed by atoms with E-state index in [-0.39, 0.29) is 5.97 Å². The molecule has 92 valence electrons. The molecule has 17 heavy (non-hydrogen) atoms. The van der Waals surface area contributed by atoms with Crippen LogP contribution in [0.4, 0.5) is 5.69 Å². The summed E-state index contributed by atoms with van der Waals surface area (Å²) in [6.45, 7) is 1.97. The molecule has 1 saturated heterocycles. The van der Waals surface area contributed by atoms with E-state index in [1.165, 1.54) is 12.9 Å². The summed E-state index contributed by atoms with van der Waals surface area (Å²) in [4.78, 5) is 11.7. The first kappa shape index (κ1) is 12.3. The van der Waals surface area contributed by atoms with Crippen molar-refractivity contribution in [3.63, 3.8) is 0 Å². The zero-order valence-electron chi connectivity index (χ0n) is 10.2. The highest BCUT2D eigenvalue weighted by atomic mass is 32.2. The first-order chi connectivity index (χ1) is 8.20. The Morgan fingerprint density at radius 2 is 2.35 bits per heavy atom. The van der Waals surface area contributed by atoms with Crippen LogP contribution in [0.5, 0.6) is 0 Å². The normalized spacial score (nSPS) is 19.1. The van der Waals surface area contributed by atoms with Crippen molar-refractivity contribution in [1.82, 2.24) is 0 Å². The summed E-state index contributed by atoms with van der Waals surface area (Å²) in [5.41, 5.74) is 2.58. The Balaban J connectivity index is 2.22. The number of nitrogens with one attached hydrogen (secondary N) is 1. The molecule has 2 rings (SSSR count). The maximum Gasteiger partial charge on any atom is 0.339 e. The third-order valence-electron chi connectivity index (χ3n) is 2.87. The van der Waals surface area contributed by atoms with Crippen LogP contribution in [0.1, 0.15) is 22.3 Å². The number of thioether (sulfide) groups is 1. The zero-order valence-corrected chi connectivity index (χ0v) is 11.0. The molecule has 0 spiro atoms. The van der Waals surface area contributed by atoms with Crippen LogP contribution in [-0.4, -0.2) is 30.6 Å². The minimum atomic E-state index is -0.276. The van der Waals surface area contributed by atoms with E-state index < -0.39 is 0 Å². The summed E-state index contributed by atoms with van der Waals surface area (Å²) in [5.74, 6) is 2.02. The third kappa shape index (κ3) is 2.94. The van der Waals surface area contributed by atoms with E-state index in [4.69, 9.17) is 4.74 Å². The number of ether oxygens (including phenoxy) is 1. The van der Waals surface area contributed by atoms with E-state index in [2.05, 4.69) is 5.32 Å². The molecular weight excluding hydrogens is 234 g/mol. The molecule has 1 aromatic rings. The fourth-order valence-corrected chi connectivity index (χ4v) is 3.08. The number of carbonyl (C=O) groups excluding carboxylic acids is 1. The highest BCUT2D eigenvalue weighted by Crippen LogP contribution is 2.24. The van der Waals surface area contributed by atoms with E-state index in [0.29, 0.717) is 11.6 Å². The van der Waals surface area contributed by atoms with Gasteiger partial charge in [-0.15, -0.1) is 0 Å². The molecule has 0 saturated carbocycles. The molecule has 1 aliphatic heterocycles. The molecule has 0 aromatic heterocycles. The van der Waals surface area contributed by atoms with Crippen molar-refractivity contribution in [3.8, 4) is 0 Å². The van der Waals surface area contributed by atoms with Gasteiger partial charge in [0.05, 0.1) is 12.7 Å². The van der Waals surface area contributed by atoms with Crippen LogP contribution in [-0.2, 0) is 4.74 Å². The largest absolute Gasteiger partial charge is 0.465 e. The molecule has 1 atom stereocenters. The lowest BCUT2D eigenvalue weighted by molar-refractivity contribution is 0.0601. The molecule has 0 radical (unpaired) electrons. The second kappa shape index (κ2) is 5.45. The van der Waals surface area contributed by atoms with Gasteiger partial charge in [0.25, 0.3) is 0 Å². The van der Waals surface area contributed by atoms with E-state index in [9.17, 15) is 4.79 Å². The molecule has 0 bridgehead atoms. The molecule has 4 heteroatoms. The van der Waals surface area contributed by atoms with E-state index in [1.54, 1.807) is 0 Å². The number of anilines is 1. The predicted octanol–water partition coefficient (Wildman–Crippen LogP) is 2.70. The molecule has 3 nitrogen and oxygen atoms in total. The van der Waals surface area contributed by atoms with Crippen molar-refractivity contribution >= 4 is 23.4 Å². The summed E-state index contributed by atoms with van der Waals surface area (Å²) in [6, 6.07) is 6.31. The summed E-state index contributed by atoms with van der Waals surface area (Å²) >= 11 is 1.95. The number of methoxy groups -OCH3 is 1. The van der Waals surface area contributed by atoms with Gasteiger partial charge >= 0.3 is 5.97 Å². The standard InChI is InChI=1S/C13H17NO2S/c1-9-3-4-12(11(7-9)13(15)16-2)14-10-5-6-17-8-10/h3-4,7,10,14H,5-6,8H2,1-2H3. The Labute approximate surface area is 106 Å². The number of hydrogen-bond acceptors (Lipinski definition) is 4. The van der Waals surface area contributed by atoms with Gasteiger partial charge in [0.1, 0.15) is 0 Å². The Hall–Kier alpha value is -1.16. The SMILES string of the molecule is COC(=O)c1cc(C)ccc1NC1CCSC1. The molecule has 1 aromatic carbocycles. The lowest BCUT2D eigenvalue weighted by Crippen LogP contribution is -2.20. The molecule has 1 N–H and O–H groups in total. The van der Waals surface area contributed by atoms with Crippen LogP contribution in [0.2, 0.25) is 0 Å². The number of rotatable bonds is 3. The van der Waals surface area contributed by atoms with E-state index >= 15 is 0 Å². The van der Waals surface area contributed by atoms with Gasteiger partial charge in [-0.3, -0.25) is 0 Å². The number of benzene rings is 1. The third-order valence-corrected chi connectivity index (χ3v) is 4.03. The van der Waals surface area contributed by atoms with Crippen molar-refractivity contribution in [2.75, 3.05) is 23.9 Å². The van der Waals surface area contributed by atoms with Crippen LogP contribution in [0.25, 0.3) is 0 Å². The van der Waals surface area contributed by atoms with Gasteiger partial charge in [-0.25, -0.2) is 4.79 Å². The molecule has 1 aliphatic rings. The fourth-order valence-electron chi connectivity index (χ4n) is 1.93. The average Bonchev–Trinajstić information content (AvgIpc) is 2.83. The quantitative estimate of drug-likeness (QED) is 0.838. The topological polar surface area (TPSA) is 38.3 Å². The Bertz CT molecular complexity index is 414. The summed E-state index contributed by atoms with van der Waals surface area (Å²) in [7, 11) is 1.42. The van der Waals surface area contributed by atoms with Crippen LogP contribution in [0.3, 0.4) is 0 Å². The fraction of sp³-hybridized carbons (Fsp3) is 0.462. The number of aryl methyl sites for hydroxylation is 1. The predicted molar refractivity (Wildman–Crippen MR) is 71.9 cm³/mol. The van der Waals surface area contributed by atoms with Gasteiger partial charge < -0.3 is 10.1 Å². The Morgan fingerprint density at radius 3 is 3.00 bits per heavy atom. The van der Waals surface area contributed by atoms with Gasteiger partial charge in [0.2, 0.25) is 0 Å². The number of esters is 1. The first-order valence-corrected chi connectivity index (χ1v) is 6.89. The summed E-state index contributed by atoms with van der Waals surface area (Å²) in [6.07, 6.45) is 1.15. The van der Waals surface area contributed by atoms with Gasteiger partial charge in [0, 0.05) is 17.5 Å². The molecule has 1 fully saturated rings. The molecule has 1 heterocycles. The molecular formula is C13H17NO2S. The summed E-state index contributed by atoms with van der Waals surface area (Å²) < 4.78 is 4.81. The Morgan fingerprint density at radius 1 is 1.53 bits per heavy atom. The van der Waals surface area contributed by atoms with Crippen molar-refractivity contribution in [2.45, 2.75) is 19.4 Å². The Kier molecular flexibility index (Phi) is 3.94. The lowest BCUT2D eigenvalue weighted by atomic mass is 10.1. The zero-order chi connectivity index (χ0) is 12.3. The second-order valence-corrected chi connectivity index (χ2v) is 5.40. The molecule has 0 amide bonds. The number of carbonyl (C=O) groups is 1. The highest BCUT2D eigenvalue weighted by Gasteiger charge is 2.18. The molecule has 0 aliphatic carbocycles. The smallest absolute Gasteiger partial charge is 0.339 e. The highest BCUT2D eigenvalue weighted by molar-refractivity contribution is 7.99. The van der Waals surface area contributed by atoms with Crippen molar-refractivity contribution in [3.05, 3.63) is 29.3 Å². The van der Waals surface area contributed by atoms with Gasteiger partial charge in [0.15, 0.2) is 0 Å². The van der Waals surface area contributed by atoms with Gasteiger partial charge in [-0.05, 0) is 31.2 Å². The minimum Gasteiger partial charge on any atom is -0.465 e. The molecule has 1 unspecified atom stereocenters.